The van der Waals surface area contributed by atoms with Crippen molar-refractivity contribution in [3.63, 3.8) is 0 Å². The van der Waals surface area contributed by atoms with E-state index >= 15 is 0 Å². The van der Waals surface area contributed by atoms with E-state index in [1.165, 1.54) is 0 Å². The summed E-state index contributed by atoms with van der Waals surface area (Å²) in [6, 6.07) is 7.27. The van der Waals surface area contributed by atoms with E-state index < -0.39 is 5.51 Å². The van der Waals surface area contributed by atoms with E-state index in [-0.39, 0.29) is 29.1 Å². The van der Waals surface area contributed by atoms with E-state index in [4.69, 9.17) is 0 Å². The van der Waals surface area contributed by atoms with Gasteiger partial charge in [-0.3, -0.25) is 4.90 Å². The van der Waals surface area contributed by atoms with Crippen molar-refractivity contribution in [3.8, 4) is 0 Å². The van der Waals surface area contributed by atoms with Gasteiger partial charge in [-0.2, -0.15) is 13.2 Å². The lowest BCUT2D eigenvalue weighted by atomic mass is 10.0. The predicted molar refractivity (Wildman–Crippen MR) is 83.0 cm³/mol. The summed E-state index contributed by atoms with van der Waals surface area (Å²) in [6.45, 7) is 2.88. The number of thioether (sulfide) groups is 1. The monoisotopic (exact) mass is 340 g/mol. The zero-order valence-electron chi connectivity index (χ0n) is 11.8. The number of rotatable bonds is 4. The van der Waals surface area contributed by atoms with Gasteiger partial charge in [-0.25, -0.2) is 0 Å². The molecule has 0 radical (unpaired) electrons. The van der Waals surface area contributed by atoms with Gasteiger partial charge in [0, 0.05) is 17.5 Å². The largest absolute Gasteiger partial charge is 0.446 e. The number of benzene rings is 1. The Balaban J connectivity index is 0.00000220. The normalized spacial score (nSPS) is 17.5. The van der Waals surface area contributed by atoms with Crippen LogP contribution >= 0.6 is 24.2 Å². The Hall–Kier alpha value is -0.430. The molecule has 1 N–H and O–H groups in total. The lowest BCUT2D eigenvalue weighted by Crippen LogP contribution is -2.40. The van der Waals surface area contributed by atoms with Crippen molar-refractivity contribution in [2.24, 2.45) is 0 Å². The van der Waals surface area contributed by atoms with Crippen molar-refractivity contribution in [2.45, 2.75) is 35.8 Å². The lowest BCUT2D eigenvalue weighted by Gasteiger charge is -2.31. The van der Waals surface area contributed by atoms with Crippen LogP contribution in [0, 0.1) is 0 Å². The fourth-order valence-corrected chi connectivity index (χ4v) is 2.97. The number of hydrogen-bond donors (Lipinski definition) is 1. The van der Waals surface area contributed by atoms with Crippen LogP contribution in [0.5, 0.6) is 0 Å². The number of piperidine rings is 1. The van der Waals surface area contributed by atoms with Crippen LogP contribution in [0.4, 0.5) is 13.2 Å². The molecule has 1 aliphatic heterocycles. The fraction of sp³-hybridized carbons (Fsp3) is 0.571. The zero-order chi connectivity index (χ0) is 14.6. The van der Waals surface area contributed by atoms with Gasteiger partial charge in [0.2, 0.25) is 0 Å². The van der Waals surface area contributed by atoms with Crippen LogP contribution in [0.2, 0.25) is 0 Å². The molecule has 120 valence electrons. The van der Waals surface area contributed by atoms with E-state index in [9.17, 15) is 13.2 Å². The molecular formula is C14H20ClF3N2S. The Morgan fingerprint density at radius 2 is 1.76 bits per heavy atom. The number of alkyl halides is 3. The van der Waals surface area contributed by atoms with Gasteiger partial charge in [0.1, 0.15) is 0 Å². The molecule has 0 spiro atoms. The Kier molecular flexibility index (Phi) is 7.33. The Morgan fingerprint density at radius 3 is 2.24 bits per heavy atom. The molecule has 1 saturated heterocycles. The van der Waals surface area contributed by atoms with Gasteiger partial charge in [0.05, 0.1) is 0 Å². The van der Waals surface area contributed by atoms with E-state index in [1.807, 2.05) is 7.05 Å². The second-order valence-corrected chi connectivity index (χ2v) is 6.17. The molecule has 1 aromatic carbocycles. The van der Waals surface area contributed by atoms with Crippen molar-refractivity contribution in [1.82, 2.24) is 10.2 Å². The molecule has 21 heavy (non-hydrogen) atoms. The maximum Gasteiger partial charge on any atom is 0.446 e. The quantitative estimate of drug-likeness (QED) is 0.837. The van der Waals surface area contributed by atoms with Crippen molar-refractivity contribution in [1.29, 1.82) is 0 Å². The number of nitrogens with one attached hydrogen (secondary N) is 1. The first kappa shape index (κ1) is 18.6. The van der Waals surface area contributed by atoms with Gasteiger partial charge in [-0.15, -0.1) is 12.4 Å². The molecule has 2 nitrogen and oxygen atoms in total. The zero-order valence-corrected chi connectivity index (χ0v) is 13.5. The van der Waals surface area contributed by atoms with Crippen LogP contribution in [0.15, 0.2) is 29.2 Å². The molecule has 1 heterocycles. The Labute approximate surface area is 133 Å². The highest BCUT2D eigenvalue weighted by Gasteiger charge is 2.29. The minimum Gasteiger partial charge on any atom is -0.317 e. The van der Waals surface area contributed by atoms with Crippen molar-refractivity contribution in [2.75, 3.05) is 20.1 Å². The van der Waals surface area contributed by atoms with Gasteiger partial charge < -0.3 is 5.32 Å². The van der Waals surface area contributed by atoms with Crippen molar-refractivity contribution < 1.29 is 13.2 Å². The van der Waals surface area contributed by atoms with Crippen LogP contribution in [0.1, 0.15) is 18.4 Å². The highest BCUT2D eigenvalue weighted by molar-refractivity contribution is 8.00. The molecular weight excluding hydrogens is 321 g/mol. The maximum absolute atomic E-state index is 12.2. The molecule has 1 aromatic rings. The molecule has 0 amide bonds. The smallest absolute Gasteiger partial charge is 0.317 e. The number of hydrogen-bond acceptors (Lipinski definition) is 3. The van der Waals surface area contributed by atoms with Gasteiger partial charge in [0.25, 0.3) is 0 Å². The van der Waals surface area contributed by atoms with Crippen molar-refractivity contribution >= 4 is 24.2 Å². The molecule has 1 fully saturated rings. The summed E-state index contributed by atoms with van der Waals surface area (Å²) in [4.78, 5) is 2.59. The standard InChI is InChI=1S/C14H19F3N2S.ClH/c1-18-12-6-8-19(9-7-12)10-11-2-4-13(5-3-11)20-14(15,16)17;/h2-5,12,18H,6-10H2,1H3;1H. The minimum atomic E-state index is -4.21. The molecule has 1 aliphatic rings. The lowest BCUT2D eigenvalue weighted by molar-refractivity contribution is -0.0328. The summed E-state index contributed by atoms with van der Waals surface area (Å²) in [5.74, 6) is 0. The third-order valence-electron chi connectivity index (χ3n) is 3.56. The highest BCUT2D eigenvalue weighted by Crippen LogP contribution is 2.36. The molecule has 0 aliphatic carbocycles. The fourth-order valence-electron chi connectivity index (χ4n) is 2.43. The number of nitrogens with zero attached hydrogens (tertiary/aromatic N) is 1. The average Bonchev–Trinajstić information content (AvgIpc) is 2.40. The van der Waals surface area contributed by atoms with Crippen LogP contribution in [-0.4, -0.2) is 36.6 Å². The Bertz CT molecular complexity index is 417. The Morgan fingerprint density at radius 1 is 1.19 bits per heavy atom. The molecule has 0 atom stereocenters. The number of likely N-dealkylation sites (tertiary alicyclic amines) is 1. The third kappa shape index (κ3) is 6.46. The molecule has 7 heteroatoms. The van der Waals surface area contributed by atoms with Gasteiger partial charge in [-0.1, -0.05) is 12.1 Å². The van der Waals surface area contributed by atoms with Crippen LogP contribution < -0.4 is 5.32 Å². The summed E-state index contributed by atoms with van der Waals surface area (Å²) >= 11 is -0.0631. The topological polar surface area (TPSA) is 15.3 Å². The summed E-state index contributed by atoms with van der Waals surface area (Å²) in [6.07, 6.45) is 2.25. The van der Waals surface area contributed by atoms with Gasteiger partial charge in [-0.05, 0) is 62.4 Å². The van der Waals surface area contributed by atoms with Crippen LogP contribution in [0.3, 0.4) is 0 Å². The summed E-state index contributed by atoms with van der Waals surface area (Å²) in [5.41, 5.74) is -3.14. The van der Waals surface area contributed by atoms with Crippen LogP contribution in [-0.2, 0) is 6.54 Å². The van der Waals surface area contributed by atoms with Gasteiger partial charge >= 0.3 is 5.51 Å². The summed E-state index contributed by atoms with van der Waals surface area (Å²) < 4.78 is 36.7. The second-order valence-electron chi connectivity index (χ2n) is 5.03. The van der Waals surface area contributed by atoms with Gasteiger partial charge in [0.15, 0.2) is 0 Å². The predicted octanol–water partition coefficient (Wildman–Crippen LogP) is 3.90. The van der Waals surface area contributed by atoms with E-state index in [0.29, 0.717) is 6.04 Å². The third-order valence-corrected chi connectivity index (χ3v) is 4.30. The summed E-state index contributed by atoms with van der Waals surface area (Å²) in [5, 5.41) is 3.28. The van der Waals surface area contributed by atoms with E-state index in [0.717, 1.165) is 38.0 Å². The molecule has 0 unspecified atom stereocenters. The average molecular weight is 341 g/mol. The first-order valence-corrected chi connectivity index (χ1v) is 7.52. The van der Waals surface area contributed by atoms with Crippen molar-refractivity contribution in [3.05, 3.63) is 29.8 Å². The second kappa shape index (κ2) is 8.27. The molecule has 0 bridgehead atoms. The molecule has 0 saturated carbocycles. The highest BCUT2D eigenvalue weighted by atomic mass is 35.5. The van der Waals surface area contributed by atoms with E-state index in [2.05, 4.69) is 10.2 Å². The SMILES string of the molecule is CNC1CCN(Cc2ccc(SC(F)(F)F)cc2)CC1.Cl. The number of halogens is 4. The van der Waals surface area contributed by atoms with Crippen LogP contribution in [0.25, 0.3) is 0 Å². The first-order chi connectivity index (χ1) is 9.46. The summed E-state index contributed by atoms with van der Waals surface area (Å²) in [7, 11) is 1.98. The first-order valence-electron chi connectivity index (χ1n) is 6.70. The van der Waals surface area contributed by atoms with E-state index in [1.54, 1.807) is 24.3 Å². The molecule has 2 rings (SSSR count). The maximum atomic E-state index is 12.2. The molecule has 0 aromatic heterocycles. The minimum absolute atomic E-state index is 0.